The fourth-order valence-electron chi connectivity index (χ4n) is 5.09. The van der Waals surface area contributed by atoms with E-state index in [1.807, 2.05) is 77.7 Å². The molecule has 0 saturated carbocycles. The number of fused-ring (bicyclic) bond motifs is 1. The van der Waals surface area contributed by atoms with Gasteiger partial charge >= 0.3 is 0 Å². The van der Waals surface area contributed by atoms with Gasteiger partial charge in [-0.1, -0.05) is 66.8 Å². The zero-order chi connectivity index (χ0) is 24.2. The first kappa shape index (κ1) is 23.0. The number of carbonyl (C=O) groups is 2. The second-order valence-electron chi connectivity index (χ2n) is 9.03. The van der Waals surface area contributed by atoms with Gasteiger partial charge in [-0.15, -0.1) is 0 Å². The normalized spacial score (nSPS) is 21.7. The van der Waals surface area contributed by atoms with E-state index in [-0.39, 0.29) is 29.9 Å². The van der Waals surface area contributed by atoms with Crippen molar-refractivity contribution >= 4 is 28.3 Å². The van der Waals surface area contributed by atoms with Crippen LogP contribution in [-0.4, -0.2) is 54.0 Å². The molecule has 6 nitrogen and oxygen atoms in total. The fourth-order valence-corrected chi connectivity index (χ4v) is 5.09. The van der Waals surface area contributed by atoms with Gasteiger partial charge in [0.15, 0.2) is 0 Å². The Labute approximate surface area is 205 Å². The first-order valence-corrected chi connectivity index (χ1v) is 12.0. The van der Waals surface area contributed by atoms with E-state index >= 15 is 0 Å². The van der Waals surface area contributed by atoms with Crippen molar-refractivity contribution in [2.45, 2.75) is 25.0 Å². The van der Waals surface area contributed by atoms with Crippen LogP contribution in [0.25, 0.3) is 16.5 Å². The van der Waals surface area contributed by atoms with Crippen molar-refractivity contribution in [3.63, 3.8) is 0 Å². The second-order valence-corrected chi connectivity index (χ2v) is 9.03. The standard InChI is InChI=1S/C29H29N3O3/c1-35-23-17-22(18-31-28(33)26-15-7-11-21-12-8-16-30-27(21)26)32(19-23)29(34)25-14-6-5-13-24(25)20-9-3-2-4-10-20/h2-13,15-16,22-23,25H,14,17-19H2,1H3,(H,31,33)/t22-,23+,25?/m0/s1. The number of allylic oxidation sites excluding steroid dienone is 3. The van der Waals surface area contributed by atoms with Gasteiger partial charge in [0, 0.05) is 31.8 Å². The minimum Gasteiger partial charge on any atom is -0.380 e. The number of aromatic nitrogens is 1. The van der Waals surface area contributed by atoms with Crippen LogP contribution >= 0.6 is 0 Å². The highest BCUT2D eigenvalue weighted by molar-refractivity contribution is 6.05. The number of nitrogens with one attached hydrogen (secondary N) is 1. The Morgan fingerprint density at radius 1 is 1.09 bits per heavy atom. The van der Waals surface area contributed by atoms with Crippen molar-refractivity contribution in [1.29, 1.82) is 0 Å². The number of rotatable bonds is 6. The molecular weight excluding hydrogens is 438 g/mol. The molecule has 0 spiro atoms. The topological polar surface area (TPSA) is 71.5 Å². The Morgan fingerprint density at radius 2 is 1.91 bits per heavy atom. The lowest BCUT2D eigenvalue weighted by molar-refractivity contribution is -0.134. The van der Waals surface area contributed by atoms with Crippen LogP contribution in [0.4, 0.5) is 0 Å². The third-order valence-electron chi connectivity index (χ3n) is 6.93. The van der Waals surface area contributed by atoms with Gasteiger partial charge in [0.25, 0.3) is 5.91 Å². The lowest BCUT2D eigenvalue weighted by Gasteiger charge is -2.30. The molecule has 1 N–H and O–H groups in total. The van der Waals surface area contributed by atoms with Crippen LogP contribution in [-0.2, 0) is 9.53 Å². The van der Waals surface area contributed by atoms with Crippen molar-refractivity contribution in [2.24, 2.45) is 5.92 Å². The number of methoxy groups -OCH3 is 1. The van der Waals surface area contributed by atoms with Gasteiger partial charge in [0.1, 0.15) is 0 Å². The van der Waals surface area contributed by atoms with Crippen LogP contribution in [0.3, 0.4) is 0 Å². The van der Waals surface area contributed by atoms with E-state index < -0.39 is 0 Å². The number of carbonyl (C=O) groups excluding carboxylic acids is 2. The highest BCUT2D eigenvalue weighted by Crippen LogP contribution is 2.33. The van der Waals surface area contributed by atoms with E-state index in [4.69, 9.17) is 4.74 Å². The Balaban J connectivity index is 1.33. The summed E-state index contributed by atoms with van der Waals surface area (Å²) in [7, 11) is 1.68. The molecule has 1 saturated heterocycles. The van der Waals surface area contributed by atoms with Gasteiger partial charge in [-0.3, -0.25) is 14.6 Å². The molecule has 178 valence electrons. The van der Waals surface area contributed by atoms with Crippen LogP contribution < -0.4 is 5.32 Å². The van der Waals surface area contributed by atoms with Gasteiger partial charge in [-0.05, 0) is 36.1 Å². The summed E-state index contributed by atoms with van der Waals surface area (Å²) < 4.78 is 5.62. The van der Waals surface area contributed by atoms with Gasteiger partial charge < -0.3 is 15.0 Å². The van der Waals surface area contributed by atoms with E-state index in [9.17, 15) is 9.59 Å². The second kappa shape index (κ2) is 10.2. The zero-order valence-corrected chi connectivity index (χ0v) is 19.8. The van der Waals surface area contributed by atoms with Crippen molar-refractivity contribution in [3.05, 3.63) is 96.2 Å². The average molecular weight is 468 g/mol. The van der Waals surface area contributed by atoms with E-state index in [0.717, 1.165) is 16.5 Å². The number of amides is 2. The first-order valence-electron chi connectivity index (χ1n) is 12.0. The van der Waals surface area contributed by atoms with Crippen molar-refractivity contribution in [1.82, 2.24) is 15.2 Å². The predicted octanol–water partition coefficient (Wildman–Crippen LogP) is 4.24. The zero-order valence-electron chi connectivity index (χ0n) is 19.8. The Morgan fingerprint density at radius 3 is 2.74 bits per heavy atom. The summed E-state index contributed by atoms with van der Waals surface area (Å²) in [5.74, 6) is -0.360. The molecule has 35 heavy (non-hydrogen) atoms. The predicted molar refractivity (Wildman–Crippen MR) is 137 cm³/mol. The number of hydrogen-bond acceptors (Lipinski definition) is 4. The molecule has 5 rings (SSSR count). The minimum absolute atomic E-state index is 0.0524. The molecule has 2 heterocycles. The molecule has 3 atom stereocenters. The summed E-state index contributed by atoms with van der Waals surface area (Å²) in [6.07, 6.45) is 9.08. The van der Waals surface area contributed by atoms with Gasteiger partial charge in [0.05, 0.1) is 29.1 Å². The van der Waals surface area contributed by atoms with E-state index in [1.165, 1.54) is 0 Å². The molecule has 1 unspecified atom stereocenters. The number of nitrogens with zero attached hydrogens (tertiary/aromatic N) is 2. The summed E-state index contributed by atoms with van der Waals surface area (Å²) in [6, 6.07) is 19.3. The molecule has 0 radical (unpaired) electrons. The number of ether oxygens (including phenoxy) is 1. The summed E-state index contributed by atoms with van der Waals surface area (Å²) in [6.45, 7) is 0.884. The van der Waals surface area contributed by atoms with Crippen LogP contribution in [0.1, 0.15) is 28.8 Å². The summed E-state index contributed by atoms with van der Waals surface area (Å²) >= 11 is 0. The van der Waals surface area contributed by atoms with Crippen LogP contribution in [0.2, 0.25) is 0 Å². The fraction of sp³-hybridized carbons (Fsp3) is 0.276. The molecule has 1 aliphatic heterocycles. The lowest BCUT2D eigenvalue weighted by atomic mass is 9.85. The Kier molecular flexibility index (Phi) is 6.73. The summed E-state index contributed by atoms with van der Waals surface area (Å²) in [5.41, 5.74) is 3.30. The molecule has 6 heteroatoms. The first-order chi connectivity index (χ1) is 17.2. The van der Waals surface area contributed by atoms with Gasteiger partial charge in [-0.25, -0.2) is 0 Å². The molecule has 2 aromatic carbocycles. The molecule has 1 aliphatic carbocycles. The number of hydrogen-bond donors (Lipinski definition) is 1. The number of benzene rings is 2. The van der Waals surface area contributed by atoms with Gasteiger partial charge in [0.2, 0.25) is 5.91 Å². The summed E-state index contributed by atoms with van der Waals surface area (Å²) in [4.78, 5) is 33.2. The third kappa shape index (κ3) is 4.75. The van der Waals surface area contributed by atoms with E-state index in [0.29, 0.717) is 37.0 Å². The van der Waals surface area contributed by atoms with Crippen LogP contribution in [0.15, 0.2) is 85.1 Å². The highest BCUT2D eigenvalue weighted by atomic mass is 16.5. The number of pyridine rings is 1. The molecule has 2 aliphatic rings. The third-order valence-corrected chi connectivity index (χ3v) is 6.93. The van der Waals surface area contributed by atoms with E-state index in [2.05, 4.69) is 10.3 Å². The number of para-hydroxylation sites is 1. The summed E-state index contributed by atoms with van der Waals surface area (Å²) in [5, 5.41) is 3.97. The van der Waals surface area contributed by atoms with Crippen molar-refractivity contribution < 1.29 is 14.3 Å². The maximum atomic E-state index is 13.8. The SMILES string of the molecule is CO[C@@H]1C[C@@H](CNC(=O)c2cccc3cccnc23)N(C(=O)C2CC=CC=C2c2ccccc2)C1. The highest BCUT2D eigenvalue weighted by Gasteiger charge is 2.39. The van der Waals surface area contributed by atoms with Crippen LogP contribution in [0.5, 0.6) is 0 Å². The Hall–Kier alpha value is -3.77. The minimum atomic E-state index is -0.251. The van der Waals surface area contributed by atoms with E-state index in [1.54, 1.807) is 19.4 Å². The van der Waals surface area contributed by atoms with Crippen molar-refractivity contribution in [2.75, 3.05) is 20.2 Å². The Bertz CT molecular complexity index is 1280. The largest absolute Gasteiger partial charge is 0.380 e. The molecule has 1 aromatic heterocycles. The lowest BCUT2D eigenvalue weighted by Crippen LogP contribution is -2.45. The van der Waals surface area contributed by atoms with Crippen LogP contribution in [0, 0.1) is 5.92 Å². The average Bonchev–Trinajstić information content (AvgIpc) is 3.35. The molecular formula is C29H29N3O3. The molecule has 0 bridgehead atoms. The maximum Gasteiger partial charge on any atom is 0.253 e. The quantitative estimate of drug-likeness (QED) is 0.589. The van der Waals surface area contributed by atoms with Crippen molar-refractivity contribution in [3.8, 4) is 0 Å². The molecule has 2 amide bonds. The smallest absolute Gasteiger partial charge is 0.253 e. The molecule has 3 aromatic rings. The van der Waals surface area contributed by atoms with Gasteiger partial charge in [-0.2, -0.15) is 0 Å². The number of likely N-dealkylation sites (tertiary alicyclic amines) is 1. The maximum absolute atomic E-state index is 13.8. The monoisotopic (exact) mass is 467 g/mol. The molecule has 1 fully saturated rings.